The van der Waals surface area contributed by atoms with Crippen LogP contribution in [0.1, 0.15) is 11.6 Å². The minimum Gasteiger partial charge on any atom is -0.394 e. The summed E-state index contributed by atoms with van der Waals surface area (Å²) >= 11 is 0. The Kier molecular flexibility index (Phi) is 4.47. The van der Waals surface area contributed by atoms with E-state index in [4.69, 9.17) is 0 Å². The number of benzene rings is 1. The predicted octanol–water partition coefficient (Wildman–Crippen LogP) is 1.94. The molecule has 0 fully saturated rings. The molecule has 0 aliphatic carbocycles. The second-order valence-electron chi connectivity index (χ2n) is 3.98. The van der Waals surface area contributed by atoms with Crippen LogP contribution in [0.15, 0.2) is 54.9 Å². The number of urea groups is 1. The number of amides is 2. The van der Waals surface area contributed by atoms with Gasteiger partial charge in [0.2, 0.25) is 0 Å². The third kappa shape index (κ3) is 3.79. The molecule has 98 valence electrons. The molecule has 2 amide bonds. The number of hydrogen-bond acceptors (Lipinski definition) is 3. The van der Waals surface area contributed by atoms with Crippen molar-refractivity contribution in [1.29, 1.82) is 0 Å². The zero-order chi connectivity index (χ0) is 13.5. The van der Waals surface area contributed by atoms with Crippen molar-refractivity contribution >= 4 is 11.7 Å². The molecule has 0 saturated carbocycles. The Morgan fingerprint density at radius 3 is 2.47 bits per heavy atom. The monoisotopic (exact) mass is 257 g/mol. The Bertz CT molecular complexity index is 517. The zero-order valence-electron chi connectivity index (χ0n) is 10.3. The Morgan fingerprint density at radius 2 is 1.84 bits per heavy atom. The number of anilines is 1. The average Bonchev–Trinajstić information content (AvgIpc) is 2.47. The van der Waals surface area contributed by atoms with Crippen molar-refractivity contribution in [3.05, 3.63) is 60.4 Å². The number of nitrogens with zero attached hydrogens (tertiary/aromatic N) is 1. The molecule has 0 aliphatic heterocycles. The maximum atomic E-state index is 11.8. The minimum atomic E-state index is -0.428. The SMILES string of the molecule is O=C(Nc1ccncc1)NC(CO)c1ccccc1. The smallest absolute Gasteiger partial charge is 0.319 e. The van der Waals surface area contributed by atoms with Gasteiger partial charge in [-0.05, 0) is 17.7 Å². The topological polar surface area (TPSA) is 74.2 Å². The number of carbonyl (C=O) groups excluding carboxylic acids is 1. The van der Waals surface area contributed by atoms with Crippen LogP contribution in [0.4, 0.5) is 10.5 Å². The number of aromatic nitrogens is 1. The summed E-state index contributed by atoms with van der Waals surface area (Å²) in [5.74, 6) is 0. The van der Waals surface area contributed by atoms with Crippen molar-refractivity contribution in [3.63, 3.8) is 0 Å². The fourth-order valence-electron chi connectivity index (χ4n) is 1.68. The molecule has 0 spiro atoms. The molecule has 1 heterocycles. The summed E-state index contributed by atoms with van der Waals surface area (Å²) in [7, 11) is 0. The third-order valence-electron chi connectivity index (χ3n) is 2.63. The molecule has 1 atom stereocenters. The van der Waals surface area contributed by atoms with E-state index in [1.807, 2.05) is 30.3 Å². The van der Waals surface area contributed by atoms with E-state index in [1.54, 1.807) is 24.5 Å². The van der Waals surface area contributed by atoms with Crippen LogP contribution in [-0.2, 0) is 0 Å². The van der Waals surface area contributed by atoms with E-state index < -0.39 is 6.04 Å². The molecule has 5 nitrogen and oxygen atoms in total. The Morgan fingerprint density at radius 1 is 1.16 bits per heavy atom. The Balaban J connectivity index is 1.97. The second kappa shape index (κ2) is 6.51. The van der Waals surface area contributed by atoms with E-state index in [-0.39, 0.29) is 12.6 Å². The largest absolute Gasteiger partial charge is 0.394 e. The van der Waals surface area contributed by atoms with Gasteiger partial charge in [0.15, 0.2) is 0 Å². The van der Waals surface area contributed by atoms with Gasteiger partial charge in [0.25, 0.3) is 0 Å². The lowest BCUT2D eigenvalue weighted by molar-refractivity contribution is 0.225. The zero-order valence-corrected chi connectivity index (χ0v) is 10.3. The highest BCUT2D eigenvalue weighted by Gasteiger charge is 2.12. The number of rotatable bonds is 4. The fourth-order valence-corrected chi connectivity index (χ4v) is 1.68. The molecule has 5 heteroatoms. The van der Waals surface area contributed by atoms with Crippen LogP contribution < -0.4 is 10.6 Å². The maximum Gasteiger partial charge on any atom is 0.319 e. The van der Waals surface area contributed by atoms with Crippen LogP contribution >= 0.6 is 0 Å². The van der Waals surface area contributed by atoms with Gasteiger partial charge in [-0.25, -0.2) is 4.79 Å². The van der Waals surface area contributed by atoms with Gasteiger partial charge in [0.05, 0.1) is 12.6 Å². The quantitative estimate of drug-likeness (QED) is 0.783. The number of nitrogens with one attached hydrogen (secondary N) is 2. The first-order chi connectivity index (χ1) is 9.29. The molecule has 0 saturated heterocycles. The van der Waals surface area contributed by atoms with Gasteiger partial charge in [-0.3, -0.25) is 4.98 Å². The molecule has 1 unspecified atom stereocenters. The summed E-state index contributed by atoms with van der Waals surface area (Å²) in [5.41, 5.74) is 1.51. The molecule has 1 aromatic heterocycles. The lowest BCUT2D eigenvalue weighted by Crippen LogP contribution is -2.34. The molecule has 19 heavy (non-hydrogen) atoms. The van der Waals surface area contributed by atoms with E-state index in [9.17, 15) is 9.90 Å². The van der Waals surface area contributed by atoms with Gasteiger partial charge < -0.3 is 15.7 Å². The van der Waals surface area contributed by atoms with Crippen LogP contribution in [0.2, 0.25) is 0 Å². The fraction of sp³-hybridized carbons (Fsp3) is 0.143. The summed E-state index contributed by atoms with van der Waals surface area (Å²) in [6.07, 6.45) is 3.19. The normalized spacial score (nSPS) is 11.6. The molecule has 0 bridgehead atoms. The third-order valence-corrected chi connectivity index (χ3v) is 2.63. The summed E-state index contributed by atoms with van der Waals surface area (Å²) in [5, 5.41) is 14.7. The van der Waals surface area contributed by atoms with Crippen LogP contribution in [-0.4, -0.2) is 22.7 Å². The Labute approximate surface area is 111 Å². The molecule has 3 N–H and O–H groups in total. The number of carbonyl (C=O) groups is 1. The van der Waals surface area contributed by atoms with E-state index in [2.05, 4.69) is 15.6 Å². The van der Waals surface area contributed by atoms with Crippen molar-refractivity contribution < 1.29 is 9.90 Å². The summed E-state index contributed by atoms with van der Waals surface area (Å²) in [6, 6.07) is 11.9. The van der Waals surface area contributed by atoms with E-state index in [0.717, 1.165) is 5.56 Å². The van der Waals surface area contributed by atoms with Crippen molar-refractivity contribution in [1.82, 2.24) is 10.3 Å². The molecular formula is C14H15N3O2. The van der Waals surface area contributed by atoms with Gasteiger partial charge in [-0.1, -0.05) is 30.3 Å². The van der Waals surface area contributed by atoms with Gasteiger partial charge >= 0.3 is 6.03 Å². The molecule has 0 radical (unpaired) electrons. The van der Waals surface area contributed by atoms with Crippen molar-refractivity contribution in [3.8, 4) is 0 Å². The number of pyridine rings is 1. The average molecular weight is 257 g/mol. The van der Waals surface area contributed by atoms with Gasteiger partial charge in [0, 0.05) is 18.1 Å². The lowest BCUT2D eigenvalue weighted by atomic mass is 10.1. The molecule has 1 aromatic carbocycles. The number of hydrogen-bond donors (Lipinski definition) is 3. The van der Waals surface area contributed by atoms with Crippen molar-refractivity contribution in [2.45, 2.75) is 6.04 Å². The first-order valence-electron chi connectivity index (χ1n) is 5.93. The summed E-state index contributed by atoms with van der Waals surface area (Å²) < 4.78 is 0. The number of aliphatic hydroxyl groups excluding tert-OH is 1. The predicted molar refractivity (Wildman–Crippen MR) is 72.7 cm³/mol. The van der Waals surface area contributed by atoms with Crippen molar-refractivity contribution in [2.75, 3.05) is 11.9 Å². The lowest BCUT2D eigenvalue weighted by Gasteiger charge is -2.17. The van der Waals surface area contributed by atoms with E-state index in [0.29, 0.717) is 5.69 Å². The highest BCUT2D eigenvalue weighted by atomic mass is 16.3. The molecule has 2 aromatic rings. The Hall–Kier alpha value is -2.40. The van der Waals surface area contributed by atoms with Gasteiger partial charge in [0.1, 0.15) is 0 Å². The van der Waals surface area contributed by atoms with E-state index >= 15 is 0 Å². The maximum absolute atomic E-state index is 11.8. The molecule has 0 aliphatic rings. The van der Waals surface area contributed by atoms with E-state index in [1.165, 1.54) is 0 Å². The first kappa shape index (κ1) is 13.0. The second-order valence-corrected chi connectivity index (χ2v) is 3.98. The van der Waals surface area contributed by atoms with Crippen molar-refractivity contribution in [2.24, 2.45) is 0 Å². The van der Waals surface area contributed by atoms with Gasteiger partial charge in [-0.2, -0.15) is 0 Å². The van der Waals surface area contributed by atoms with Crippen LogP contribution in [0, 0.1) is 0 Å². The highest BCUT2D eigenvalue weighted by Crippen LogP contribution is 2.12. The standard InChI is InChI=1S/C14H15N3O2/c18-10-13(11-4-2-1-3-5-11)17-14(19)16-12-6-8-15-9-7-12/h1-9,13,18H,10H2,(H2,15,16,17,19). The molecular weight excluding hydrogens is 242 g/mol. The first-order valence-corrected chi connectivity index (χ1v) is 5.93. The minimum absolute atomic E-state index is 0.159. The summed E-state index contributed by atoms with van der Waals surface area (Å²) in [4.78, 5) is 15.7. The summed E-state index contributed by atoms with van der Waals surface area (Å²) in [6.45, 7) is -0.159. The van der Waals surface area contributed by atoms with Crippen LogP contribution in [0.5, 0.6) is 0 Å². The van der Waals surface area contributed by atoms with Crippen LogP contribution in [0.25, 0.3) is 0 Å². The highest BCUT2D eigenvalue weighted by molar-refractivity contribution is 5.89. The van der Waals surface area contributed by atoms with Gasteiger partial charge in [-0.15, -0.1) is 0 Å². The van der Waals surface area contributed by atoms with Crippen LogP contribution in [0.3, 0.4) is 0 Å². The number of aliphatic hydroxyl groups is 1. The molecule has 2 rings (SSSR count).